The topological polar surface area (TPSA) is 104 Å². The van der Waals surface area contributed by atoms with E-state index in [1.165, 1.54) is 7.11 Å². The molecule has 6 fully saturated rings. The van der Waals surface area contributed by atoms with E-state index in [4.69, 9.17) is 23.7 Å². The van der Waals surface area contributed by atoms with Crippen molar-refractivity contribution in [2.45, 2.75) is 119 Å². The number of benzene rings is 1. The molecule has 0 radical (unpaired) electrons. The molecule has 3 atom stereocenters. The number of nitrogens with zero attached hydrogens (tertiary/aromatic N) is 3. The van der Waals surface area contributed by atoms with Gasteiger partial charge in [0.15, 0.2) is 10.9 Å². The summed E-state index contributed by atoms with van der Waals surface area (Å²) >= 11 is 1.63. The molecule has 1 aromatic carbocycles. The zero-order chi connectivity index (χ0) is 29.5. The molecule has 3 aromatic rings. The molecular formula is C33H39N3O6S. The van der Waals surface area contributed by atoms with Crippen LogP contribution in [-0.4, -0.2) is 60.1 Å². The number of methoxy groups -OCH3 is 2. The van der Waals surface area contributed by atoms with E-state index in [0.29, 0.717) is 11.1 Å². The molecule has 4 saturated carbocycles. The number of hydrogen-bond acceptors (Lipinski definition) is 10. The normalized spacial score (nSPS) is 31.5. The number of fused-ring (bicyclic) bond motifs is 6. The molecule has 2 aliphatic heterocycles. The van der Waals surface area contributed by atoms with Crippen LogP contribution in [0.1, 0.15) is 121 Å². The maximum atomic E-state index is 14.0. The monoisotopic (exact) mass is 605 g/mol. The number of esters is 2. The second-order valence-electron chi connectivity index (χ2n) is 13.6. The van der Waals surface area contributed by atoms with Gasteiger partial charge in [-0.15, -0.1) is 0 Å². The number of piperidine rings is 1. The van der Waals surface area contributed by atoms with Crippen molar-refractivity contribution in [3.05, 3.63) is 40.3 Å². The molecule has 43 heavy (non-hydrogen) atoms. The van der Waals surface area contributed by atoms with E-state index in [9.17, 15) is 9.59 Å². The van der Waals surface area contributed by atoms with Crippen molar-refractivity contribution in [1.29, 1.82) is 0 Å². The average Bonchev–Trinajstić information content (AvgIpc) is 3.50. The van der Waals surface area contributed by atoms with Crippen molar-refractivity contribution in [3.63, 3.8) is 0 Å². The third kappa shape index (κ3) is 4.42. The third-order valence-corrected chi connectivity index (χ3v) is 12.3. The van der Waals surface area contributed by atoms with Gasteiger partial charge in [-0.25, -0.2) is 14.6 Å². The van der Waals surface area contributed by atoms with Gasteiger partial charge in [-0.05, 0) is 88.8 Å². The summed E-state index contributed by atoms with van der Waals surface area (Å²) in [5, 5.41) is 5.60. The predicted molar refractivity (Wildman–Crippen MR) is 161 cm³/mol. The molecule has 0 spiro atoms. The number of hydrogen-bond donors (Lipinski definition) is 0. The number of carbonyl (C=O) groups excluding carboxylic acids is 2. The van der Waals surface area contributed by atoms with Crippen molar-refractivity contribution in [3.8, 4) is 0 Å². The lowest BCUT2D eigenvalue weighted by atomic mass is 9.57. The van der Waals surface area contributed by atoms with Crippen molar-refractivity contribution in [2.75, 3.05) is 19.1 Å². The van der Waals surface area contributed by atoms with Gasteiger partial charge in [0.1, 0.15) is 17.4 Å². The molecule has 4 heterocycles. The number of ether oxygens (including phenoxy) is 3. The number of anilines is 1. The van der Waals surface area contributed by atoms with Crippen LogP contribution in [0.2, 0.25) is 0 Å². The van der Waals surface area contributed by atoms with Gasteiger partial charge in [-0.2, -0.15) is 0 Å². The Morgan fingerprint density at radius 3 is 2.30 bits per heavy atom. The first-order chi connectivity index (χ1) is 20.8. The minimum absolute atomic E-state index is 0.00959. The Hall–Kier alpha value is -2.98. The summed E-state index contributed by atoms with van der Waals surface area (Å²) in [6, 6.07) is 4.26. The van der Waals surface area contributed by atoms with Crippen LogP contribution in [0.4, 0.5) is 5.13 Å². The summed E-state index contributed by atoms with van der Waals surface area (Å²) in [5.74, 6) is 0.453. The van der Waals surface area contributed by atoms with Crippen molar-refractivity contribution in [1.82, 2.24) is 10.1 Å². The third-order valence-electron chi connectivity index (χ3n) is 11.3. The summed E-state index contributed by atoms with van der Waals surface area (Å²) in [5.41, 5.74) is 3.80. The van der Waals surface area contributed by atoms with E-state index in [2.05, 4.69) is 10.1 Å². The Bertz CT molecular complexity index is 1570. The molecule has 6 aliphatic rings. The van der Waals surface area contributed by atoms with Crippen LogP contribution in [0.5, 0.6) is 0 Å². The van der Waals surface area contributed by atoms with Crippen molar-refractivity contribution >= 4 is 38.6 Å². The quantitative estimate of drug-likeness (QED) is 0.275. The van der Waals surface area contributed by atoms with Gasteiger partial charge >= 0.3 is 11.9 Å². The molecule has 1 unspecified atom stereocenters. The second-order valence-corrected chi connectivity index (χ2v) is 14.6. The van der Waals surface area contributed by atoms with Crippen molar-refractivity contribution < 1.29 is 28.3 Å². The molecule has 228 valence electrons. The van der Waals surface area contributed by atoms with Gasteiger partial charge in [0.2, 0.25) is 0 Å². The van der Waals surface area contributed by atoms with E-state index in [-0.39, 0.29) is 47.1 Å². The van der Waals surface area contributed by atoms with Gasteiger partial charge < -0.3 is 23.6 Å². The van der Waals surface area contributed by atoms with Crippen LogP contribution >= 0.6 is 11.3 Å². The maximum Gasteiger partial charge on any atom is 0.344 e. The predicted octanol–water partition coefficient (Wildman–Crippen LogP) is 6.60. The van der Waals surface area contributed by atoms with E-state index in [0.717, 1.165) is 109 Å². The number of aromatic nitrogens is 2. The molecule has 0 N–H and O–H groups in total. The molecule has 4 bridgehead atoms. The fraction of sp³-hybridized carbons (Fsp3) is 0.636. The van der Waals surface area contributed by atoms with Crippen LogP contribution in [0.15, 0.2) is 16.7 Å². The first kappa shape index (κ1) is 27.6. The smallest absolute Gasteiger partial charge is 0.344 e. The average molecular weight is 606 g/mol. The molecule has 2 aromatic heterocycles. The van der Waals surface area contributed by atoms with Gasteiger partial charge in [0.05, 0.1) is 28.5 Å². The standard InChI is InChI=1S/C33H39N3O6S/c1-18-14-20(29(37)39-2)15-24-26(18)34-31(43-24)36-21-6-7-22(36)17-23(16-21)41-30(38)25-27(19-4-5-19)42-35-28(25)32-8-11-33(40-3,12-9-32)13-10-32/h14-15,19,21-23H,4-13,16-17H2,1-3H3/t21-,22+,23?,32?,33?. The molecule has 0 amide bonds. The first-order valence-corrected chi connectivity index (χ1v) is 16.7. The fourth-order valence-electron chi connectivity index (χ4n) is 8.58. The summed E-state index contributed by atoms with van der Waals surface area (Å²) in [6.07, 6.45) is 11.5. The Morgan fingerprint density at radius 2 is 1.67 bits per heavy atom. The lowest BCUT2D eigenvalue weighted by Gasteiger charge is -2.52. The summed E-state index contributed by atoms with van der Waals surface area (Å²) in [6.45, 7) is 1.99. The number of carbonyl (C=O) groups is 2. The van der Waals surface area contributed by atoms with Gasteiger partial charge in [0, 0.05) is 43.4 Å². The van der Waals surface area contributed by atoms with Crippen LogP contribution < -0.4 is 4.90 Å². The minimum Gasteiger partial charge on any atom is -0.465 e. The highest BCUT2D eigenvalue weighted by molar-refractivity contribution is 7.22. The molecule has 10 heteroatoms. The first-order valence-electron chi connectivity index (χ1n) is 15.9. The molecule has 9 nitrogen and oxygen atoms in total. The number of aryl methyl sites for hydroxylation is 1. The Balaban J connectivity index is 1.02. The largest absolute Gasteiger partial charge is 0.465 e. The highest BCUT2D eigenvalue weighted by Crippen LogP contribution is 2.56. The van der Waals surface area contributed by atoms with Crippen LogP contribution in [0.25, 0.3) is 10.2 Å². The van der Waals surface area contributed by atoms with E-state index in [1.807, 2.05) is 26.2 Å². The summed E-state index contributed by atoms with van der Waals surface area (Å²) in [7, 11) is 3.24. The SMILES string of the molecule is COC(=O)c1cc(C)c2nc(N3[C@@H]4CC[C@H]3CC(OC(=O)c3c(C56CCC(OC)(CC5)CC6)noc3C3CC3)C4)sc2c1. The summed E-state index contributed by atoms with van der Waals surface area (Å²) < 4.78 is 24.2. The molecule has 9 rings (SSSR count). The Morgan fingerprint density at radius 1 is 0.977 bits per heavy atom. The second kappa shape index (κ2) is 10.0. The molecular weight excluding hydrogens is 566 g/mol. The van der Waals surface area contributed by atoms with Crippen molar-refractivity contribution in [2.24, 2.45) is 0 Å². The van der Waals surface area contributed by atoms with E-state index >= 15 is 0 Å². The maximum absolute atomic E-state index is 14.0. The lowest BCUT2D eigenvalue weighted by Crippen LogP contribution is -2.50. The fourth-order valence-corrected chi connectivity index (χ4v) is 9.80. The van der Waals surface area contributed by atoms with Gasteiger partial charge in [-0.1, -0.05) is 16.5 Å². The van der Waals surface area contributed by atoms with Crippen LogP contribution in [0.3, 0.4) is 0 Å². The zero-order valence-electron chi connectivity index (χ0n) is 25.1. The highest BCUT2D eigenvalue weighted by atomic mass is 32.1. The van der Waals surface area contributed by atoms with Gasteiger partial charge in [-0.3, -0.25) is 0 Å². The van der Waals surface area contributed by atoms with Crippen LogP contribution in [0, 0.1) is 6.92 Å². The number of rotatable bonds is 7. The lowest BCUT2D eigenvalue weighted by molar-refractivity contribution is -0.0967. The van der Waals surface area contributed by atoms with Crippen LogP contribution in [-0.2, 0) is 19.6 Å². The number of thiazole rings is 1. The van der Waals surface area contributed by atoms with E-state index < -0.39 is 0 Å². The van der Waals surface area contributed by atoms with Gasteiger partial charge in [0.25, 0.3) is 0 Å². The summed E-state index contributed by atoms with van der Waals surface area (Å²) in [4.78, 5) is 33.7. The molecule has 2 saturated heterocycles. The zero-order valence-corrected chi connectivity index (χ0v) is 26.0. The Kier molecular flexibility index (Phi) is 6.42. The molecule has 4 aliphatic carbocycles. The van der Waals surface area contributed by atoms with E-state index in [1.54, 1.807) is 11.3 Å². The Labute approximate surface area is 255 Å². The highest BCUT2D eigenvalue weighted by Gasteiger charge is 2.54. The minimum atomic E-state index is -0.335.